The van der Waals surface area contributed by atoms with Gasteiger partial charge in [0.15, 0.2) is 5.76 Å². The Morgan fingerprint density at radius 3 is 2.71 bits per heavy atom. The SMILES string of the molecule is Cc1ccc(OCC#Cc2ccc(CC[C@@](C)(N)CO)o2)cc1C. The van der Waals surface area contributed by atoms with Crippen LogP contribution in [0.3, 0.4) is 0 Å². The van der Waals surface area contributed by atoms with E-state index in [1.807, 2.05) is 37.3 Å². The molecule has 2 aromatic rings. The molecule has 0 aliphatic rings. The summed E-state index contributed by atoms with van der Waals surface area (Å²) in [5, 5.41) is 9.15. The van der Waals surface area contributed by atoms with E-state index in [0.29, 0.717) is 25.2 Å². The van der Waals surface area contributed by atoms with E-state index >= 15 is 0 Å². The number of furan rings is 1. The van der Waals surface area contributed by atoms with Gasteiger partial charge >= 0.3 is 0 Å². The minimum absolute atomic E-state index is 0.0454. The van der Waals surface area contributed by atoms with Crippen molar-refractivity contribution in [2.45, 2.75) is 39.2 Å². The van der Waals surface area contributed by atoms with Crippen LogP contribution in [-0.2, 0) is 6.42 Å². The van der Waals surface area contributed by atoms with Crippen molar-refractivity contribution in [1.82, 2.24) is 0 Å². The Bertz CT molecular complexity index is 735. The molecule has 4 heteroatoms. The van der Waals surface area contributed by atoms with Crippen LogP contribution in [0, 0.1) is 25.7 Å². The van der Waals surface area contributed by atoms with Gasteiger partial charge in [0, 0.05) is 12.0 Å². The molecule has 1 aromatic heterocycles. The number of aliphatic hydroxyl groups is 1. The minimum atomic E-state index is -0.585. The first-order valence-electron chi connectivity index (χ1n) is 8.07. The number of hydrogen-bond acceptors (Lipinski definition) is 4. The van der Waals surface area contributed by atoms with Gasteiger partial charge in [-0.25, -0.2) is 0 Å². The van der Waals surface area contributed by atoms with E-state index in [1.165, 1.54) is 11.1 Å². The zero-order chi connectivity index (χ0) is 17.6. The van der Waals surface area contributed by atoms with E-state index in [9.17, 15) is 0 Å². The number of nitrogens with two attached hydrogens (primary N) is 1. The molecule has 1 aromatic carbocycles. The van der Waals surface area contributed by atoms with Gasteiger partial charge in [0.05, 0.1) is 6.61 Å². The normalized spacial score (nSPS) is 13.0. The fourth-order valence-electron chi connectivity index (χ4n) is 2.11. The quantitative estimate of drug-likeness (QED) is 0.800. The summed E-state index contributed by atoms with van der Waals surface area (Å²) < 4.78 is 11.3. The molecule has 1 heterocycles. The smallest absolute Gasteiger partial charge is 0.177 e. The molecule has 0 unspecified atom stereocenters. The Balaban J connectivity index is 1.84. The maximum atomic E-state index is 9.15. The summed E-state index contributed by atoms with van der Waals surface area (Å²) in [7, 11) is 0. The Kier molecular flexibility index (Phi) is 6.08. The molecule has 1 atom stereocenters. The number of benzene rings is 1. The van der Waals surface area contributed by atoms with Crippen molar-refractivity contribution in [2.75, 3.05) is 13.2 Å². The standard InChI is InChI=1S/C20H25NO3/c1-15-6-7-19(13-16(15)2)23-12-4-5-17-8-9-18(24-17)10-11-20(3,21)14-22/h6-9,13,22H,10-12,14,21H2,1-3H3/t20-/m1/s1. The monoisotopic (exact) mass is 327 g/mol. The van der Waals surface area contributed by atoms with Crippen molar-refractivity contribution < 1.29 is 14.3 Å². The lowest BCUT2D eigenvalue weighted by Crippen LogP contribution is -2.40. The van der Waals surface area contributed by atoms with Gasteiger partial charge in [-0.3, -0.25) is 0 Å². The Hall–Kier alpha value is -2.22. The van der Waals surface area contributed by atoms with Crippen molar-refractivity contribution in [3.05, 3.63) is 53.0 Å². The van der Waals surface area contributed by atoms with Crippen LogP contribution in [0.1, 0.15) is 36.0 Å². The maximum Gasteiger partial charge on any atom is 0.177 e. The minimum Gasteiger partial charge on any atom is -0.481 e. The summed E-state index contributed by atoms with van der Waals surface area (Å²) in [6.45, 7) is 6.21. The van der Waals surface area contributed by atoms with Gasteiger partial charge in [-0.1, -0.05) is 12.0 Å². The predicted octanol–water partition coefficient (Wildman–Crippen LogP) is 2.97. The Morgan fingerprint density at radius 2 is 2.00 bits per heavy atom. The van der Waals surface area contributed by atoms with Crippen LogP contribution in [0.4, 0.5) is 0 Å². The number of rotatable bonds is 6. The van der Waals surface area contributed by atoms with Crippen molar-refractivity contribution in [2.24, 2.45) is 5.73 Å². The molecule has 128 valence electrons. The molecule has 0 aliphatic heterocycles. The highest BCUT2D eigenvalue weighted by molar-refractivity contribution is 5.34. The highest BCUT2D eigenvalue weighted by Crippen LogP contribution is 2.16. The van der Waals surface area contributed by atoms with Gasteiger partial charge in [-0.05, 0) is 68.5 Å². The van der Waals surface area contributed by atoms with Crippen LogP contribution in [0.25, 0.3) is 0 Å². The molecular weight excluding hydrogens is 302 g/mol. The van der Waals surface area contributed by atoms with E-state index in [-0.39, 0.29) is 6.61 Å². The molecule has 0 saturated carbocycles. The molecule has 0 aliphatic carbocycles. The second-order valence-corrected chi connectivity index (χ2v) is 6.41. The van der Waals surface area contributed by atoms with Gasteiger partial charge in [-0.15, -0.1) is 0 Å². The van der Waals surface area contributed by atoms with Gasteiger partial charge < -0.3 is 20.0 Å². The fraction of sp³-hybridized carbons (Fsp3) is 0.400. The van der Waals surface area contributed by atoms with Crippen molar-refractivity contribution in [1.29, 1.82) is 0 Å². The molecule has 4 nitrogen and oxygen atoms in total. The van der Waals surface area contributed by atoms with Gasteiger partial charge in [0.25, 0.3) is 0 Å². The van der Waals surface area contributed by atoms with E-state index in [0.717, 1.165) is 11.5 Å². The van der Waals surface area contributed by atoms with E-state index in [1.54, 1.807) is 0 Å². The topological polar surface area (TPSA) is 68.6 Å². The highest BCUT2D eigenvalue weighted by Gasteiger charge is 2.17. The lowest BCUT2D eigenvalue weighted by Gasteiger charge is -2.20. The van der Waals surface area contributed by atoms with Crippen LogP contribution >= 0.6 is 0 Å². The largest absolute Gasteiger partial charge is 0.481 e. The summed E-state index contributed by atoms with van der Waals surface area (Å²) in [6, 6.07) is 9.72. The summed E-state index contributed by atoms with van der Waals surface area (Å²) in [6.07, 6.45) is 1.33. The molecule has 2 rings (SSSR count). The summed E-state index contributed by atoms with van der Waals surface area (Å²) in [4.78, 5) is 0. The number of aryl methyl sites for hydroxylation is 3. The third kappa shape index (κ3) is 5.45. The zero-order valence-corrected chi connectivity index (χ0v) is 14.6. The number of hydrogen-bond donors (Lipinski definition) is 2. The van der Waals surface area contributed by atoms with Crippen LogP contribution in [0.5, 0.6) is 5.75 Å². The van der Waals surface area contributed by atoms with Crippen LogP contribution in [-0.4, -0.2) is 23.9 Å². The highest BCUT2D eigenvalue weighted by atomic mass is 16.5. The molecule has 0 amide bonds. The first-order valence-corrected chi connectivity index (χ1v) is 8.07. The molecule has 3 N–H and O–H groups in total. The van der Waals surface area contributed by atoms with Crippen molar-refractivity contribution in [3.63, 3.8) is 0 Å². The molecular formula is C20H25NO3. The van der Waals surface area contributed by atoms with Gasteiger partial charge in [-0.2, -0.15) is 0 Å². The molecule has 0 radical (unpaired) electrons. The number of aliphatic hydroxyl groups excluding tert-OH is 1. The van der Waals surface area contributed by atoms with Crippen molar-refractivity contribution in [3.8, 4) is 17.6 Å². The zero-order valence-electron chi connectivity index (χ0n) is 14.6. The molecule has 24 heavy (non-hydrogen) atoms. The van der Waals surface area contributed by atoms with E-state index in [2.05, 4.69) is 25.7 Å². The molecule has 0 bridgehead atoms. The van der Waals surface area contributed by atoms with Crippen LogP contribution in [0.15, 0.2) is 34.7 Å². The third-order valence-corrected chi connectivity index (χ3v) is 3.97. The molecule has 0 spiro atoms. The molecule has 0 saturated heterocycles. The second-order valence-electron chi connectivity index (χ2n) is 6.41. The van der Waals surface area contributed by atoms with Gasteiger partial charge in [0.2, 0.25) is 0 Å². The van der Waals surface area contributed by atoms with Crippen LogP contribution < -0.4 is 10.5 Å². The van der Waals surface area contributed by atoms with Gasteiger partial charge in [0.1, 0.15) is 18.1 Å². The fourth-order valence-corrected chi connectivity index (χ4v) is 2.11. The van der Waals surface area contributed by atoms with Crippen LogP contribution in [0.2, 0.25) is 0 Å². The lowest BCUT2D eigenvalue weighted by molar-refractivity contribution is 0.199. The van der Waals surface area contributed by atoms with E-state index < -0.39 is 5.54 Å². The second kappa shape index (κ2) is 8.05. The summed E-state index contributed by atoms with van der Waals surface area (Å²) >= 11 is 0. The summed E-state index contributed by atoms with van der Waals surface area (Å²) in [5.74, 6) is 8.15. The Morgan fingerprint density at radius 1 is 1.21 bits per heavy atom. The first kappa shape index (κ1) is 18.1. The third-order valence-electron chi connectivity index (χ3n) is 3.97. The molecule has 0 fully saturated rings. The lowest BCUT2D eigenvalue weighted by atomic mass is 9.98. The van der Waals surface area contributed by atoms with E-state index in [4.69, 9.17) is 20.0 Å². The summed E-state index contributed by atoms with van der Waals surface area (Å²) in [5.41, 5.74) is 7.77. The predicted molar refractivity (Wildman–Crippen MR) is 95.0 cm³/mol. The average Bonchev–Trinajstić information content (AvgIpc) is 3.01. The Labute approximate surface area is 143 Å². The van der Waals surface area contributed by atoms with Crippen molar-refractivity contribution >= 4 is 0 Å². The average molecular weight is 327 g/mol. The number of ether oxygens (including phenoxy) is 1. The first-order chi connectivity index (χ1) is 11.4. The maximum absolute atomic E-state index is 9.15.